The molecule has 4 nitrogen and oxygen atoms in total. The molecule has 1 aliphatic carbocycles. The molecule has 4 heteroatoms. The van der Waals surface area contributed by atoms with Gasteiger partial charge < -0.3 is 14.9 Å². The van der Waals surface area contributed by atoms with Crippen molar-refractivity contribution in [1.29, 1.82) is 0 Å². The lowest BCUT2D eigenvalue weighted by molar-refractivity contribution is -0.142. The molecule has 20 heavy (non-hydrogen) atoms. The normalized spacial score (nSPS) is 41.0. The fraction of sp³-hybridized carbons (Fsp3) is 0.688. The van der Waals surface area contributed by atoms with Gasteiger partial charge in [-0.3, -0.25) is 0 Å². The summed E-state index contributed by atoms with van der Waals surface area (Å²) in [4.78, 5) is 11.6. The molecule has 1 fully saturated rings. The van der Waals surface area contributed by atoms with Crippen molar-refractivity contribution in [2.75, 3.05) is 0 Å². The fourth-order valence-electron chi connectivity index (χ4n) is 3.10. The van der Waals surface area contributed by atoms with Crippen LogP contribution in [0, 0.1) is 11.8 Å². The number of aliphatic hydroxyl groups excluding tert-OH is 2. The molecule has 2 N–H and O–H groups in total. The zero-order valence-corrected chi connectivity index (χ0v) is 11.9. The van der Waals surface area contributed by atoms with E-state index >= 15 is 0 Å². The first-order valence-electron chi connectivity index (χ1n) is 7.48. The third-order valence-corrected chi connectivity index (χ3v) is 4.19. The third-order valence-electron chi connectivity index (χ3n) is 4.19. The van der Waals surface area contributed by atoms with Crippen molar-refractivity contribution in [2.24, 2.45) is 11.8 Å². The monoisotopic (exact) mass is 280 g/mol. The summed E-state index contributed by atoms with van der Waals surface area (Å²) < 4.78 is 5.23. The van der Waals surface area contributed by atoms with E-state index in [1.165, 1.54) is 12.2 Å². The minimum atomic E-state index is -0.717. The van der Waals surface area contributed by atoms with E-state index in [4.69, 9.17) is 4.74 Å². The predicted octanol–water partition coefficient (Wildman–Crippen LogP) is 1.96. The lowest BCUT2D eigenvalue weighted by Gasteiger charge is -2.19. The average molecular weight is 280 g/mol. The van der Waals surface area contributed by atoms with Crippen LogP contribution >= 0.6 is 0 Å². The average Bonchev–Trinajstić information content (AvgIpc) is 2.76. The van der Waals surface area contributed by atoms with E-state index in [1.54, 1.807) is 0 Å². The number of carbonyl (C=O) groups is 1. The highest BCUT2D eigenvalue weighted by atomic mass is 16.5. The van der Waals surface area contributed by atoms with E-state index in [1.807, 2.05) is 6.92 Å². The largest absolute Gasteiger partial charge is 0.460 e. The zero-order chi connectivity index (χ0) is 14.5. The summed E-state index contributed by atoms with van der Waals surface area (Å²) in [5.41, 5.74) is 0. The molecule has 1 saturated carbocycles. The molecule has 0 spiro atoms. The molecule has 0 radical (unpaired) electrons. The van der Waals surface area contributed by atoms with Crippen molar-refractivity contribution in [1.82, 2.24) is 0 Å². The third kappa shape index (κ3) is 4.18. The van der Waals surface area contributed by atoms with Crippen LogP contribution in [0.1, 0.15) is 39.0 Å². The molecule has 0 amide bonds. The van der Waals surface area contributed by atoms with Crippen LogP contribution in [0.15, 0.2) is 24.3 Å². The van der Waals surface area contributed by atoms with Gasteiger partial charge in [0.1, 0.15) is 0 Å². The van der Waals surface area contributed by atoms with Crippen LogP contribution in [-0.4, -0.2) is 34.5 Å². The molecule has 1 aliphatic heterocycles. The van der Waals surface area contributed by atoms with Gasteiger partial charge in [-0.2, -0.15) is 0 Å². The minimum absolute atomic E-state index is 0.0246. The number of hydrogen-bond acceptors (Lipinski definition) is 4. The SMILES string of the molecule is CC1CCCC=CC2CC(O)CC2C(O)/C=C\C(=O)O1. The highest BCUT2D eigenvalue weighted by Gasteiger charge is 2.35. The summed E-state index contributed by atoms with van der Waals surface area (Å²) in [6.45, 7) is 1.89. The number of cyclic esters (lactones) is 1. The molecule has 1 heterocycles. The van der Waals surface area contributed by atoms with Crippen molar-refractivity contribution >= 4 is 5.97 Å². The summed E-state index contributed by atoms with van der Waals surface area (Å²) in [5, 5.41) is 20.0. The Bertz CT molecular complexity index is 388. The van der Waals surface area contributed by atoms with E-state index in [9.17, 15) is 15.0 Å². The van der Waals surface area contributed by atoms with Gasteiger partial charge in [-0.25, -0.2) is 4.79 Å². The molecular weight excluding hydrogens is 256 g/mol. The quantitative estimate of drug-likeness (QED) is 0.526. The first kappa shape index (κ1) is 15.3. The maximum Gasteiger partial charge on any atom is 0.330 e. The van der Waals surface area contributed by atoms with E-state index in [-0.39, 0.29) is 24.0 Å². The van der Waals surface area contributed by atoms with Crippen molar-refractivity contribution in [2.45, 2.75) is 57.3 Å². The molecule has 5 unspecified atom stereocenters. The van der Waals surface area contributed by atoms with Crippen LogP contribution in [0.3, 0.4) is 0 Å². The van der Waals surface area contributed by atoms with E-state index in [0.29, 0.717) is 12.8 Å². The zero-order valence-electron chi connectivity index (χ0n) is 11.9. The predicted molar refractivity (Wildman–Crippen MR) is 75.9 cm³/mol. The maximum absolute atomic E-state index is 11.6. The Labute approximate surface area is 120 Å². The molecule has 0 saturated heterocycles. The van der Waals surface area contributed by atoms with Crippen molar-refractivity contribution < 1.29 is 19.7 Å². The Morgan fingerprint density at radius 3 is 2.85 bits per heavy atom. The van der Waals surface area contributed by atoms with Gasteiger partial charge in [-0.15, -0.1) is 0 Å². The van der Waals surface area contributed by atoms with Gasteiger partial charge >= 0.3 is 5.97 Å². The second kappa shape index (κ2) is 7.04. The van der Waals surface area contributed by atoms with Crippen LogP contribution < -0.4 is 0 Å². The molecule has 0 aromatic carbocycles. The first-order chi connectivity index (χ1) is 9.56. The molecule has 112 valence electrons. The second-order valence-electron chi connectivity index (χ2n) is 5.91. The van der Waals surface area contributed by atoms with Crippen LogP contribution in [0.2, 0.25) is 0 Å². The van der Waals surface area contributed by atoms with Crippen LogP contribution in [0.4, 0.5) is 0 Å². The smallest absolute Gasteiger partial charge is 0.330 e. The van der Waals surface area contributed by atoms with Crippen molar-refractivity contribution in [3.05, 3.63) is 24.3 Å². The summed E-state index contributed by atoms with van der Waals surface area (Å²) in [6, 6.07) is 0. The van der Waals surface area contributed by atoms with Crippen molar-refractivity contribution in [3.63, 3.8) is 0 Å². The maximum atomic E-state index is 11.6. The van der Waals surface area contributed by atoms with Crippen LogP contribution in [-0.2, 0) is 9.53 Å². The molecule has 2 rings (SSSR count). The fourth-order valence-corrected chi connectivity index (χ4v) is 3.10. The van der Waals surface area contributed by atoms with Gasteiger partial charge in [0, 0.05) is 6.08 Å². The Hall–Kier alpha value is -1.13. The first-order valence-corrected chi connectivity index (χ1v) is 7.48. The van der Waals surface area contributed by atoms with E-state index < -0.39 is 12.1 Å². The molecule has 0 aromatic heterocycles. The second-order valence-corrected chi connectivity index (χ2v) is 5.91. The van der Waals surface area contributed by atoms with Crippen LogP contribution in [0.25, 0.3) is 0 Å². The van der Waals surface area contributed by atoms with E-state index in [2.05, 4.69) is 12.2 Å². The van der Waals surface area contributed by atoms with Gasteiger partial charge in [-0.1, -0.05) is 12.2 Å². The Balaban J connectivity index is 2.11. The Morgan fingerprint density at radius 2 is 2.05 bits per heavy atom. The van der Waals surface area contributed by atoms with Gasteiger partial charge in [0.25, 0.3) is 0 Å². The number of ether oxygens (including phenoxy) is 1. The van der Waals surface area contributed by atoms with Gasteiger partial charge in [0.05, 0.1) is 18.3 Å². The lowest BCUT2D eigenvalue weighted by atomic mass is 9.90. The number of allylic oxidation sites excluding steroid dienone is 2. The summed E-state index contributed by atoms with van der Waals surface area (Å²) in [5.74, 6) is -0.249. The molecule has 0 aromatic rings. The Morgan fingerprint density at radius 1 is 1.25 bits per heavy atom. The number of fused-ring (bicyclic) bond motifs is 1. The van der Waals surface area contributed by atoms with Crippen molar-refractivity contribution in [3.8, 4) is 0 Å². The number of rotatable bonds is 0. The van der Waals surface area contributed by atoms with Gasteiger partial charge in [0.2, 0.25) is 0 Å². The number of aliphatic hydroxyl groups is 2. The van der Waals surface area contributed by atoms with Crippen LogP contribution in [0.5, 0.6) is 0 Å². The number of carbonyl (C=O) groups excluding carboxylic acids is 1. The minimum Gasteiger partial charge on any atom is -0.460 e. The highest BCUT2D eigenvalue weighted by Crippen LogP contribution is 2.36. The molecule has 0 bridgehead atoms. The highest BCUT2D eigenvalue weighted by molar-refractivity contribution is 5.82. The standard InChI is InChI=1S/C16H24O4/c1-11-5-3-2-4-6-12-9-13(17)10-14(12)15(18)7-8-16(19)20-11/h4,6-8,11-15,17-18H,2-3,5,9-10H2,1H3/b6-4?,8-7-. The van der Waals surface area contributed by atoms with Gasteiger partial charge in [0.15, 0.2) is 0 Å². The molecular formula is C16H24O4. The van der Waals surface area contributed by atoms with Gasteiger partial charge in [-0.05, 0) is 56.9 Å². The number of hydrogen-bond donors (Lipinski definition) is 2. The number of esters is 1. The summed E-state index contributed by atoms with van der Waals surface area (Å²) in [6.07, 6.45) is 9.87. The molecule has 2 aliphatic rings. The summed E-state index contributed by atoms with van der Waals surface area (Å²) >= 11 is 0. The molecule has 5 atom stereocenters. The topological polar surface area (TPSA) is 66.8 Å². The summed E-state index contributed by atoms with van der Waals surface area (Å²) in [7, 11) is 0. The Kier molecular flexibility index (Phi) is 5.38. The lowest BCUT2D eigenvalue weighted by Crippen LogP contribution is -2.21. The van der Waals surface area contributed by atoms with E-state index in [0.717, 1.165) is 19.3 Å².